The number of ether oxygens (including phenoxy) is 1. The van der Waals surface area contributed by atoms with Crippen LogP contribution in [0, 0.1) is 0 Å². The zero-order chi connectivity index (χ0) is 14.0. The highest BCUT2D eigenvalue weighted by Crippen LogP contribution is 2.19. The largest absolute Gasteiger partial charge is 0.420 e. The van der Waals surface area contributed by atoms with Crippen LogP contribution in [0.4, 0.5) is 13.2 Å². The van der Waals surface area contributed by atoms with Crippen molar-refractivity contribution in [3.8, 4) is 0 Å². The van der Waals surface area contributed by atoms with Crippen molar-refractivity contribution in [2.24, 2.45) is 0 Å². The lowest BCUT2D eigenvalue weighted by atomic mass is 10.3. The molecular weight excluding hydrogens is 331 g/mol. The quantitative estimate of drug-likeness (QED) is 0.804. The molecule has 0 saturated carbocycles. The number of benzene rings is 1. The number of alkyl halides is 3. The third-order valence-electron chi connectivity index (χ3n) is 2.36. The van der Waals surface area contributed by atoms with E-state index in [4.69, 9.17) is 4.42 Å². The molecule has 0 radical (unpaired) electrons. The summed E-state index contributed by atoms with van der Waals surface area (Å²) in [5.41, 5.74) is 0.888. The van der Waals surface area contributed by atoms with Crippen molar-refractivity contribution in [2.75, 3.05) is 13.2 Å². The molecule has 0 aliphatic carbocycles. The average molecular weight is 340 g/mol. The molecule has 2 rings (SSSR count). The fourth-order valence-electron chi connectivity index (χ4n) is 1.60. The molecule has 1 aromatic heterocycles. The third kappa shape index (κ3) is 3.60. The minimum atomic E-state index is -4.37. The van der Waals surface area contributed by atoms with Gasteiger partial charge in [0.25, 0.3) is 0 Å². The van der Waals surface area contributed by atoms with E-state index in [1.54, 1.807) is 18.2 Å². The number of rotatable bonds is 4. The Morgan fingerprint density at radius 2 is 2.11 bits per heavy atom. The van der Waals surface area contributed by atoms with E-state index >= 15 is 0 Å². The molecule has 104 valence electrons. The molecular formula is C11H9BrF3NO3. The summed E-state index contributed by atoms with van der Waals surface area (Å²) in [5.74, 6) is -0.622. The van der Waals surface area contributed by atoms with Gasteiger partial charge in [-0.25, -0.2) is 4.79 Å². The van der Waals surface area contributed by atoms with Gasteiger partial charge in [0.1, 0.15) is 6.61 Å². The van der Waals surface area contributed by atoms with Crippen molar-refractivity contribution < 1.29 is 22.3 Å². The van der Waals surface area contributed by atoms with Gasteiger partial charge < -0.3 is 9.15 Å². The van der Waals surface area contributed by atoms with Crippen molar-refractivity contribution in [1.82, 2.24) is 4.57 Å². The lowest BCUT2D eigenvalue weighted by molar-refractivity contribution is -0.174. The molecule has 0 amide bonds. The Morgan fingerprint density at radius 3 is 2.79 bits per heavy atom. The SMILES string of the molecule is O=c1oc2cc(Br)ccc2n1CCOCC(F)(F)F. The Balaban J connectivity index is 2.09. The zero-order valence-corrected chi connectivity index (χ0v) is 11.1. The van der Waals surface area contributed by atoms with E-state index < -0.39 is 18.5 Å². The van der Waals surface area contributed by atoms with E-state index in [9.17, 15) is 18.0 Å². The van der Waals surface area contributed by atoms with Crippen LogP contribution >= 0.6 is 15.9 Å². The van der Waals surface area contributed by atoms with Gasteiger partial charge >= 0.3 is 11.9 Å². The summed E-state index contributed by atoms with van der Waals surface area (Å²) in [6.07, 6.45) is -4.37. The summed E-state index contributed by atoms with van der Waals surface area (Å²) < 4.78 is 47.1. The van der Waals surface area contributed by atoms with Crippen molar-refractivity contribution in [3.05, 3.63) is 33.2 Å². The Labute approximate surface area is 113 Å². The minimum Gasteiger partial charge on any atom is -0.408 e. The Morgan fingerprint density at radius 1 is 1.37 bits per heavy atom. The Hall–Kier alpha value is -1.28. The fraction of sp³-hybridized carbons (Fsp3) is 0.364. The van der Waals surface area contributed by atoms with E-state index in [0.29, 0.717) is 11.1 Å². The third-order valence-corrected chi connectivity index (χ3v) is 2.85. The van der Waals surface area contributed by atoms with Crippen LogP contribution in [-0.2, 0) is 11.3 Å². The summed E-state index contributed by atoms with van der Waals surface area (Å²) in [4.78, 5) is 11.5. The summed E-state index contributed by atoms with van der Waals surface area (Å²) in [6.45, 7) is -1.54. The lowest BCUT2D eigenvalue weighted by Crippen LogP contribution is -2.22. The standard InChI is InChI=1S/C11H9BrF3NO3/c12-7-1-2-8-9(5-7)19-10(17)16(8)3-4-18-6-11(13,14)15/h1-2,5H,3-4,6H2. The van der Waals surface area contributed by atoms with Gasteiger partial charge in [-0.1, -0.05) is 15.9 Å². The minimum absolute atomic E-state index is 0.00352. The maximum atomic E-state index is 11.9. The smallest absolute Gasteiger partial charge is 0.408 e. The molecule has 2 aromatic rings. The maximum Gasteiger partial charge on any atom is 0.420 e. The van der Waals surface area contributed by atoms with E-state index in [1.807, 2.05) is 0 Å². The molecule has 0 unspecified atom stereocenters. The molecule has 4 nitrogen and oxygen atoms in total. The molecule has 0 atom stereocenters. The van der Waals surface area contributed by atoms with E-state index in [0.717, 1.165) is 4.47 Å². The lowest BCUT2D eigenvalue weighted by Gasteiger charge is -2.07. The Bertz CT molecular complexity index is 632. The predicted octanol–water partition coefficient (Wildman–Crippen LogP) is 2.94. The van der Waals surface area contributed by atoms with Gasteiger partial charge in [-0.3, -0.25) is 4.57 Å². The second-order valence-electron chi connectivity index (χ2n) is 3.80. The number of hydrogen-bond acceptors (Lipinski definition) is 3. The molecule has 19 heavy (non-hydrogen) atoms. The second kappa shape index (κ2) is 5.38. The first kappa shape index (κ1) is 14.1. The monoisotopic (exact) mass is 339 g/mol. The van der Waals surface area contributed by atoms with Crippen LogP contribution in [0.15, 0.2) is 31.9 Å². The highest BCUT2D eigenvalue weighted by molar-refractivity contribution is 9.10. The molecule has 0 aliphatic rings. The van der Waals surface area contributed by atoms with Crippen molar-refractivity contribution >= 4 is 27.0 Å². The molecule has 0 bridgehead atoms. The highest BCUT2D eigenvalue weighted by atomic mass is 79.9. The molecule has 0 aliphatic heterocycles. The van der Waals surface area contributed by atoms with Gasteiger partial charge in [0.05, 0.1) is 18.7 Å². The number of nitrogens with zero attached hydrogens (tertiary/aromatic N) is 1. The van der Waals surface area contributed by atoms with E-state index in [2.05, 4.69) is 20.7 Å². The first-order valence-corrected chi connectivity index (χ1v) is 6.09. The fourth-order valence-corrected chi connectivity index (χ4v) is 1.94. The van der Waals surface area contributed by atoms with Crippen LogP contribution in [-0.4, -0.2) is 24.0 Å². The molecule has 1 heterocycles. The summed E-state index contributed by atoms with van der Waals surface area (Å²) in [7, 11) is 0. The molecule has 0 saturated heterocycles. The topological polar surface area (TPSA) is 44.4 Å². The number of halogens is 4. The molecule has 1 aromatic carbocycles. The van der Waals surface area contributed by atoms with Crippen molar-refractivity contribution in [2.45, 2.75) is 12.7 Å². The second-order valence-corrected chi connectivity index (χ2v) is 4.72. The van der Waals surface area contributed by atoms with Crippen LogP contribution in [0.2, 0.25) is 0 Å². The summed E-state index contributed by atoms with van der Waals surface area (Å²) in [5, 5.41) is 0. The zero-order valence-electron chi connectivity index (χ0n) is 9.54. The van der Waals surface area contributed by atoms with Gasteiger partial charge in [0.2, 0.25) is 0 Å². The van der Waals surface area contributed by atoms with Crippen molar-refractivity contribution in [3.63, 3.8) is 0 Å². The van der Waals surface area contributed by atoms with Gasteiger partial charge in [-0.05, 0) is 18.2 Å². The number of oxazole rings is 1. The van der Waals surface area contributed by atoms with Gasteiger partial charge in [0.15, 0.2) is 5.58 Å². The van der Waals surface area contributed by atoms with Crippen LogP contribution in [0.3, 0.4) is 0 Å². The van der Waals surface area contributed by atoms with Crippen LogP contribution in [0.1, 0.15) is 0 Å². The molecule has 8 heteroatoms. The van der Waals surface area contributed by atoms with Crippen LogP contribution in [0.5, 0.6) is 0 Å². The van der Waals surface area contributed by atoms with Crippen LogP contribution < -0.4 is 5.76 Å². The highest BCUT2D eigenvalue weighted by Gasteiger charge is 2.27. The number of fused-ring (bicyclic) bond motifs is 1. The maximum absolute atomic E-state index is 11.9. The van der Waals surface area contributed by atoms with Crippen molar-refractivity contribution in [1.29, 1.82) is 0 Å². The Kier molecular flexibility index (Phi) is 4.00. The predicted molar refractivity (Wildman–Crippen MR) is 65.0 cm³/mol. The average Bonchev–Trinajstić information content (AvgIpc) is 2.58. The van der Waals surface area contributed by atoms with E-state index in [-0.39, 0.29) is 13.2 Å². The van der Waals surface area contributed by atoms with Gasteiger partial charge in [-0.2, -0.15) is 13.2 Å². The van der Waals surface area contributed by atoms with Gasteiger partial charge in [-0.15, -0.1) is 0 Å². The normalized spacial score (nSPS) is 12.2. The number of hydrogen-bond donors (Lipinski definition) is 0. The molecule has 0 spiro atoms. The van der Waals surface area contributed by atoms with Crippen LogP contribution in [0.25, 0.3) is 11.1 Å². The van der Waals surface area contributed by atoms with E-state index in [1.165, 1.54) is 4.57 Å². The summed E-state index contributed by atoms with van der Waals surface area (Å²) >= 11 is 3.23. The molecule has 0 fully saturated rings. The number of aromatic nitrogens is 1. The first-order valence-electron chi connectivity index (χ1n) is 5.30. The summed E-state index contributed by atoms with van der Waals surface area (Å²) in [6, 6.07) is 4.97. The molecule has 0 N–H and O–H groups in total. The van der Waals surface area contributed by atoms with Gasteiger partial charge in [0, 0.05) is 4.47 Å². The first-order chi connectivity index (χ1) is 8.87.